The molecule has 2 aromatic heterocycles. The summed E-state index contributed by atoms with van der Waals surface area (Å²) in [6.45, 7) is 3.96. The molecule has 2 heterocycles. The van der Waals surface area contributed by atoms with E-state index in [1.807, 2.05) is 4.57 Å². The minimum absolute atomic E-state index is 0.00474. The van der Waals surface area contributed by atoms with Crippen molar-refractivity contribution in [3.63, 3.8) is 0 Å². The lowest BCUT2D eigenvalue weighted by Crippen LogP contribution is -2.27. The van der Waals surface area contributed by atoms with Crippen molar-refractivity contribution in [2.45, 2.75) is 25.8 Å². The summed E-state index contributed by atoms with van der Waals surface area (Å²) in [5.74, 6) is 1.38. The van der Waals surface area contributed by atoms with E-state index in [1.165, 1.54) is 17.9 Å². The fourth-order valence-electron chi connectivity index (χ4n) is 3.22. The van der Waals surface area contributed by atoms with Crippen molar-refractivity contribution >= 4 is 41.6 Å². The quantitative estimate of drug-likeness (QED) is 0.435. The van der Waals surface area contributed by atoms with Crippen molar-refractivity contribution in [2.75, 3.05) is 45.4 Å². The van der Waals surface area contributed by atoms with Gasteiger partial charge < -0.3 is 9.88 Å². The Bertz CT molecular complexity index is 938. The zero-order chi connectivity index (χ0) is 21.2. The molecule has 10 nitrogen and oxygen atoms in total. The van der Waals surface area contributed by atoms with E-state index in [4.69, 9.17) is 9.05 Å². The van der Waals surface area contributed by atoms with Crippen LogP contribution in [0.15, 0.2) is 12.7 Å². The van der Waals surface area contributed by atoms with Gasteiger partial charge in [-0.2, -0.15) is 0 Å². The van der Waals surface area contributed by atoms with Gasteiger partial charge in [0.15, 0.2) is 16.6 Å². The Morgan fingerprint density at radius 1 is 1.41 bits per heavy atom. The van der Waals surface area contributed by atoms with Crippen LogP contribution < -0.4 is 5.32 Å². The summed E-state index contributed by atoms with van der Waals surface area (Å²) in [7, 11) is 1.61. The first kappa shape index (κ1) is 22.2. The average molecular weight is 442 g/mol. The Labute approximate surface area is 174 Å². The van der Waals surface area contributed by atoms with Gasteiger partial charge in [0.05, 0.1) is 25.1 Å². The molecule has 1 fully saturated rings. The molecule has 2 aromatic rings. The van der Waals surface area contributed by atoms with Crippen LogP contribution in [0, 0.1) is 5.92 Å². The van der Waals surface area contributed by atoms with E-state index < -0.39 is 13.3 Å². The number of anilines is 1. The smallest absolute Gasteiger partial charge is 0.371 e. The Morgan fingerprint density at radius 3 is 2.72 bits per heavy atom. The number of hydrogen-bond donors (Lipinski definition) is 1. The van der Waals surface area contributed by atoms with Crippen molar-refractivity contribution in [2.24, 2.45) is 5.92 Å². The van der Waals surface area contributed by atoms with Crippen LogP contribution in [0.4, 0.5) is 5.82 Å². The van der Waals surface area contributed by atoms with Gasteiger partial charge in [-0.1, -0.05) is 18.7 Å². The molecule has 3 unspecified atom stereocenters. The largest absolute Gasteiger partial charge is 0.407 e. The van der Waals surface area contributed by atoms with Crippen LogP contribution in [0.2, 0.25) is 0 Å². The topological polar surface area (TPSA) is 111 Å². The van der Waals surface area contributed by atoms with Crippen molar-refractivity contribution in [3.05, 3.63) is 12.7 Å². The second-order valence-corrected chi connectivity index (χ2v) is 10.8. The molecule has 1 aliphatic rings. The van der Waals surface area contributed by atoms with E-state index in [9.17, 15) is 9.36 Å². The standard InChI is InChI=1S/C17H27N6O4PS/c1-12-8-17(12,23-11-21-14-15(18-3)19-10-20-16(14)23)9-27-28(25,22(4)5)26-6-7-29-13(2)24/h10-12H,6-9H2,1-5H3,(H,18,19,20). The van der Waals surface area contributed by atoms with Crippen LogP contribution in [-0.4, -0.2) is 69.4 Å². The van der Waals surface area contributed by atoms with Gasteiger partial charge >= 0.3 is 7.75 Å². The molecule has 0 spiro atoms. The molecule has 160 valence electrons. The average Bonchev–Trinajstić information content (AvgIpc) is 3.13. The van der Waals surface area contributed by atoms with E-state index in [0.29, 0.717) is 28.7 Å². The van der Waals surface area contributed by atoms with Crippen LogP contribution in [0.1, 0.15) is 20.3 Å². The molecule has 3 atom stereocenters. The van der Waals surface area contributed by atoms with Crippen LogP contribution >= 0.6 is 19.5 Å². The number of carbonyl (C=O) groups excluding carboxylic acids is 1. The van der Waals surface area contributed by atoms with Gasteiger partial charge in [-0.15, -0.1) is 0 Å². The van der Waals surface area contributed by atoms with Gasteiger partial charge in [0.25, 0.3) is 0 Å². The molecule has 0 bridgehead atoms. The molecular formula is C17H27N6O4PS. The van der Waals surface area contributed by atoms with Crippen molar-refractivity contribution in [1.29, 1.82) is 0 Å². The molecule has 12 heteroatoms. The van der Waals surface area contributed by atoms with E-state index in [0.717, 1.165) is 18.2 Å². The van der Waals surface area contributed by atoms with E-state index in [2.05, 4.69) is 27.2 Å². The van der Waals surface area contributed by atoms with Gasteiger partial charge in [0, 0.05) is 19.7 Å². The maximum atomic E-state index is 13.2. The highest BCUT2D eigenvalue weighted by Crippen LogP contribution is 2.57. The minimum Gasteiger partial charge on any atom is -0.371 e. The lowest BCUT2D eigenvalue weighted by atomic mass is 10.2. The predicted molar refractivity (Wildman–Crippen MR) is 113 cm³/mol. The summed E-state index contributed by atoms with van der Waals surface area (Å²) in [6, 6.07) is 0. The second kappa shape index (κ2) is 8.69. The summed E-state index contributed by atoms with van der Waals surface area (Å²) in [5, 5.41) is 3.01. The maximum absolute atomic E-state index is 13.2. The summed E-state index contributed by atoms with van der Waals surface area (Å²) in [5.41, 5.74) is 0.995. The van der Waals surface area contributed by atoms with E-state index >= 15 is 0 Å². The van der Waals surface area contributed by atoms with Crippen molar-refractivity contribution in [1.82, 2.24) is 24.2 Å². The molecule has 29 heavy (non-hydrogen) atoms. The maximum Gasteiger partial charge on any atom is 0.407 e. The summed E-state index contributed by atoms with van der Waals surface area (Å²) >= 11 is 1.13. The monoisotopic (exact) mass is 442 g/mol. The number of thioether (sulfide) groups is 1. The summed E-state index contributed by atoms with van der Waals surface area (Å²) < 4.78 is 28.1. The molecule has 3 rings (SSSR count). The van der Waals surface area contributed by atoms with Crippen LogP contribution in [0.5, 0.6) is 0 Å². The summed E-state index contributed by atoms with van der Waals surface area (Å²) in [6.07, 6.45) is 4.08. The highest BCUT2D eigenvalue weighted by molar-refractivity contribution is 8.13. The number of imidazole rings is 1. The molecule has 0 radical (unpaired) electrons. The highest BCUT2D eigenvalue weighted by atomic mass is 32.2. The van der Waals surface area contributed by atoms with Gasteiger partial charge in [-0.25, -0.2) is 24.2 Å². The SMILES string of the molecule is CNc1ncnc2c1ncn2C1(COP(=O)(OCCSC(C)=O)N(C)C)CC1C. The van der Waals surface area contributed by atoms with Crippen molar-refractivity contribution < 1.29 is 18.4 Å². The number of aromatic nitrogens is 4. The van der Waals surface area contributed by atoms with Gasteiger partial charge in [0.2, 0.25) is 0 Å². The molecule has 0 saturated heterocycles. The lowest BCUT2D eigenvalue weighted by molar-refractivity contribution is -0.109. The molecule has 0 aliphatic heterocycles. The first-order chi connectivity index (χ1) is 13.7. The predicted octanol–water partition coefficient (Wildman–Crippen LogP) is 2.59. The Hall–Kier alpha value is -1.52. The number of carbonyl (C=O) groups is 1. The zero-order valence-corrected chi connectivity index (χ0v) is 19.0. The minimum atomic E-state index is -3.48. The Kier molecular flexibility index (Phi) is 6.64. The third-order valence-electron chi connectivity index (χ3n) is 5.08. The fraction of sp³-hybridized carbons (Fsp3) is 0.647. The zero-order valence-electron chi connectivity index (χ0n) is 17.3. The van der Waals surface area contributed by atoms with Crippen LogP contribution in [0.25, 0.3) is 11.2 Å². The normalized spacial score (nSPS) is 23.3. The molecule has 0 aromatic carbocycles. The first-order valence-electron chi connectivity index (χ1n) is 9.30. The number of fused-ring (bicyclic) bond motifs is 1. The third kappa shape index (κ3) is 4.49. The number of rotatable bonds is 10. The Balaban J connectivity index is 1.77. The van der Waals surface area contributed by atoms with Gasteiger partial charge in [-0.3, -0.25) is 13.8 Å². The highest BCUT2D eigenvalue weighted by Gasteiger charge is 2.55. The van der Waals surface area contributed by atoms with Crippen molar-refractivity contribution in [3.8, 4) is 0 Å². The fourth-order valence-corrected chi connectivity index (χ4v) is 5.04. The third-order valence-corrected chi connectivity index (χ3v) is 7.80. The first-order valence-corrected chi connectivity index (χ1v) is 11.8. The molecule has 1 N–H and O–H groups in total. The second-order valence-electron chi connectivity index (χ2n) is 7.23. The van der Waals surface area contributed by atoms with Crippen LogP contribution in [-0.2, 0) is 23.9 Å². The van der Waals surface area contributed by atoms with Gasteiger partial charge in [-0.05, 0) is 26.4 Å². The molecular weight excluding hydrogens is 415 g/mol. The lowest BCUT2D eigenvalue weighted by Gasteiger charge is -2.27. The number of hydrogen-bond acceptors (Lipinski definition) is 9. The Morgan fingerprint density at radius 2 is 2.14 bits per heavy atom. The van der Waals surface area contributed by atoms with E-state index in [1.54, 1.807) is 27.5 Å². The molecule has 1 aliphatic carbocycles. The van der Waals surface area contributed by atoms with E-state index in [-0.39, 0.29) is 18.3 Å². The molecule has 0 amide bonds. The van der Waals surface area contributed by atoms with Crippen LogP contribution in [0.3, 0.4) is 0 Å². The molecule has 1 saturated carbocycles. The van der Waals surface area contributed by atoms with Gasteiger partial charge in [0.1, 0.15) is 11.8 Å². The number of nitrogens with one attached hydrogen (secondary N) is 1. The number of nitrogens with zero attached hydrogens (tertiary/aromatic N) is 5. The summed E-state index contributed by atoms with van der Waals surface area (Å²) in [4.78, 5) is 24.1.